The average molecular weight is 522 g/mol. The van der Waals surface area contributed by atoms with Gasteiger partial charge in [-0.3, -0.25) is 4.79 Å². The molecular weight excluding hydrogens is 494 g/mol. The Morgan fingerprint density at radius 2 is 1.89 bits per heavy atom. The number of hydrogen-bond acceptors (Lipinski definition) is 9. The smallest absolute Gasteiger partial charge is 0.247 e. The molecule has 0 unspecified atom stereocenters. The number of nitriles is 1. The van der Waals surface area contributed by atoms with Gasteiger partial charge in [-0.25, -0.2) is 4.98 Å². The minimum atomic E-state index is -0.376. The zero-order valence-corrected chi connectivity index (χ0v) is 21.3. The molecule has 37 heavy (non-hydrogen) atoms. The summed E-state index contributed by atoms with van der Waals surface area (Å²) in [6, 6.07) is 13.1. The molecule has 11 heteroatoms. The molecule has 1 amide bonds. The lowest BCUT2D eigenvalue weighted by molar-refractivity contribution is -0.111. The lowest BCUT2D eigenvalue weighted by atomic mass is 10.1. The van der Waals surface area contributed by atoms with Crippen molar-refractivity contribution in [3.8, 4) is 11.8 Å². The zero-order chi connectivity index (χ0) is 26.8. The van der Waals surface area contributed by atoms with Gasteiger partial charge in [-0.15, -0.1) is 0 Å². The molecule has 4 N–H and O–H groups in total. The Balaban J connectivity index is 0.00000186. The van der Waals surface area contributed by atoms with E-state index in [0.29, 0.717) is 34.2 Å². The van der Waals surface area contributed by atoms with Crippen LogP contribution in [0.3, 0.4) is 0 Å². The van der Waals surface area contributed by atoms with Crippen LogP contribution in [0, 0.1) is 11.3 Å². The topological polar surface area (TPSA) is 135 Å². The predicted molar refractivity (Wildman–Crippen MR) is 146 cm³/mol. The summed E-state index contributed by atoms with van der Waals surface area (Å²) in [4.78, 5) is 22.9. The van der Waals surface area contributed by atoms with Crippen molar-refractivity contribution >= 4 is 52.0 Å². The van der Waals surface area contributed by atoms with Gasteiger partial charge in [0, 0.05) is 32.0 Å². The van der Waals surface area contributed by atoms with Gasteiger partial charge in [0.1, 0.15) is 16.8 Å². The standard InChI is InChI=1S/C25H24ClN7O2.CH4O/c1-3-23(34)29-22-13-18(35-2)7-9-21(22)30-24-19(26)15-28-25(32-24)31-20-8-6-17(12-16(20)14-27)33-10-4-5-11-33;1-2/h3,6-9,12-13,15H,1,4-5,10-11H2,2H3,(H,29,34)(H2,28,30,31,32);2H,1H3. The van der Waals surface area contributed by atoms with Crippen LogP contribution in [0.15, 0.2) is 55.3 Å². The van der Waals surface area contributed by atoms with Crippen molar-refractivity contribution < 1.29 is 14.6 Å². The molecule has 10 nitrogen and oxygen atoms in total. The second-order valence-electron chi connectivity index (χ2n) is 7.78. The molecule has 1 aliphatic heterocycles. The lowest BCUT2D eigenvalue weighted by Gasteiger charge is -2.19. The number of carbonyl (C=O) groups excluding carboxylic acids is 1. The molecule has 0 bridgehead atoms. The number of rotatable bonds is 8. The van der Waals surface area contributed by atoms with Gasteiger partial charge < -0.3 is 30.7 Å². The Bertz CT molecular complexity index is 1300. The molecule has 3 aromatic rings. The fraction of sp³-hybridized carbons (Fsp3) is 0.231. The first-order valence-corrected chi connectivity index (χ1v) is 11.8. The van der Waals surface area contributed by atoms with Gasteiger partial charge in [0.15, 0.2) is 5.82 Å². The quantitative estimate of drug-likeness (QED) is 0.307. The maximum atomic E-state index is 11.9. The van der Waals surface area contributed by atoms with Crippen LogP contribution in [-0.4, -0.2) is 48.3 Å². The van der Waals surface area contributed by atoms with Gasteiger partial charge in [0.25, 0.3) is 0 Å². The molecule has 1 saturated heterocycles. The third-order valence-corrected chi connectivity index (χ3v) is 5.79. The maximum absolute atomic E-state index is 11.9. The number of hydrogen-bond donors (Lipinski definition) is 4. The molecule has 2 heterocycles. The summed E-state index contributed by atoms with van der Waals surface area (Å²) in [5, 5.41) is 25.9. The highest BCUT2D eigenvalue weighted by Gasteiger charge is 2.16. The normalized spacial score (nSPS) is 12.0. The Labute approximate surface area is 220 Å². The van der Waals surface area contributed by atoms with Gasteiger partial charge in [-0.2, -0.15) is 10.2 Å². The number of methoxy groups -OCH3 is 1. The largest absolute Gasteiger partial charge is 0.497 e. The van der Waals surface area contributed by atoms with Crippen LogP contribution in [0.25, 0.3) is 0 Å². The molecule has 1 fully saturated rings. The van der Waals surface area contributed by atoms with Gasteiger partial charge in [-0.1, -0.05) is 18.2 Å². The van der Waals surface area contributed by atoms with Gasteiger partial charge in [0.2, 0.25) is 11.9 Å². The number of amides is 1. The summed E-state index contributed by atoms with van der Waals surface area (Å²) in [7, 11) is 2.54. The molecule has 192 valence electrons. The van der Waals surface area contributed by atoms with E-state index in [2.05, 4.69) is 43.5 Å². The number of ether oxygens (including phenoxy) is 1. The van der Waals surface area contributed by atoms with E-state index in [1.165, 1.54) is 19.4 Å². The van der Waals surface area contributed by atoms with Crippen LogP contribution in [0.5, 0.6) is 5.75 Å². The number of benzene rings is 2. The number of halogens is 1. The summed E-state index contributed by atoms with van der Waals surface area (Å²) in [6.45, 7) is 5.47. The number of aliphatic hydroxyl groups excluding tert-OH is 1. The minimum absolute atomic E-state index is 0.257. The molecule has 0 radical (unpaired) electrons. The van der Waals surface area contributed by atoms with Crippen LogP contribution in [0.4, 0.5) is 34.5 Å². The van der Waals surface area contributed by atoms with Crippen molar-refractivity contribution in [3.63, 3.8) is 0 Å². The lowest BCUT2D eigenvalue weighted by Crippen LogP contribution is -2.17. The Morgan fingerprint density at radius 1 is 1.16 bits per heavy atom. The van der Waals surface area contributed by atoms with Crippen LogP contribution in [-0.2, 0) is 4.79 Å². The fourth-order valence-electron chi connectivity index (χ4n) is 3.72. The van der Waals surface area contributed by atoms with E-state index < -0.39 is 0 Å². The number of aromatic nitrogens is 2. The van der Waals surface area contributed by atoms with E-state index in [4.69, 9.17) is 21.4 Å². The molecule has 0 saturated carbocycles. The first-order chi connectivity index (χ1) is 18.0. The number of aliphatic hydroxyl groups is 1. The highest BCUT2D eigenvalue weighted by molar-refractivity contribution is 6.33. The summed E-state index contributed by atoms with van der Waals surface area (Å²) in [6.07, 6.45) is 4.94. The Morgan fingerprint density at radius 3 is 2.57 bits per heavy atom. The van der Waals surface area contributed by atoms with Gasteiger partial charge >= 0.3 is 0 Å². The first kappa shape index (κ1) is 27.3. The molecular formula is C26H28ClN7O3. The molecule has 4 rings (SSSR count). The van der Waals surface area contributed by atoms with Crippen molar-refractivity contribution in [1.29, 1.82) is 5.26 Å². The SMILES string of the molecule is C=CC(=O)Nc1cc(OC)ccc1Nc1nc(Nc2ccc(N3CCCC3)cc2C#N)ncc1Cl.CO. The van der Waals surface area contributed by atoms with Crippen LogP contribution in [0.1, 0.15) is 18.4 Å². The third-order valence-electron chi connectivity index (χ3n) is 5.51. The van der Waals surface area contributed by atoms with Crippen molar-refractivity contribution in [2.24, 2.45) is 0 Å². The highest BCUT2D eigenvalue weighted by Crippen LogP contribution is 2.33. The average Bonchev–Trinajstić information content (AvgIpc) is 3.48. The first-order valence-electron chi connectivity index (χ1n) is 11.4. The summed E-state index contributed by atoms with van der Waals surface area (Å²) < 4.78 is 5.25. The number of nitrogens with one attached hydrogen (secondary N) is 3. The maximum Gasteiger partial charge on any atom is 0.247 e. The fourth-order valence-corrected chi connectivity index (χ4v) is 3.85. The number of anilines is 6. The van der Waals surface area contributed by atoms with Crippen molar-refractivity contribution in [1.82, 2.24) is 9.97 Å². The van der Waals surface area contributed by atoms with E-state index in [1.807, 2.05) is 18.2 Å². The molecule has 0 spiro atoms. The summed E-state index contributed by atoms with van der Waals surface area (Å²) >= 11 is 6.34. The minimum Gasteiger partial charge on any atom is -0.497 e. The van der Waals surface area contributed by atoms with Crippen molar-refractivity contribution in [3.05, 3.63) is 65.8 Å². The van der Waals surface area contributed by atoms with Crippen LogP contribution >= 0.6 is 11.6 Å². The van der Waals surface area contributed by atoms with E-state index in [-0.39, 0.29) is 16.9 Å². The Kier molecular flexibility index (Phi) is 9.66. The summed E-state index contributed by atoms with van der Waals surface area (Å²) in [5.41, 5.74) is 3.11. The molecule has 1 aromatic heterocycles. The third kappa shape index (κ3) is 6.88. The van der Waals surface area contributed by atoms with E-state index in [9.17, 15) is 10.1 Å². The van der Waals surface area contributed by atoms with Crippen molar-refractivity contribution in [2.45, 2.75) is 12.8 Å². The second-order valence-corrected chi connectivity index (χ2v) is 8.19. The second kappa shape index (κ2) is 13.1. The van der Waals surface area contributed by atoms with E-state index in [1.54, 1.807) is 18.2 Å². The van der Waals surface area contributed by atoms with E-state index in [0.717, 1.165) is 38.7 Å². The van der Waals surface area contributed by atoms with E-state index >= 15 is 0 Å². The molecule has 1 aliphatic rings. The van der Waals surface area contributed by atoms with Gasteiger partial charge in [-0.05, 0) is 49.2 Å². The number of carbonyl (C=O) groups is 1. The van der Waals surface area contributed by atoms with Crippen LogP contribution in [0.2, 0.25) is 5.02 Å². The highest BCUT2D eigenvalue weighted by atomic mass is 35.5. The molecule has 0 atom stereocenters. The zero-order valence-electron chi connectivity index (χ0n) is 20.6. The van der Waals surface area contributed by atoms with Crippen LogP contribution < -0.4 is 25.6 Å². The monoisotopic (exact) mass is 521 g/mol. The predicted octanol–water partition coefficient (Wildman–Crippen LogP) is 4.83. The molecule has 0 aliphatic carbocycles. The molecule has 2 aromatic carbocycles. The Hall–Kier alpha value is -4.33. The van der Waals surface area contributed by atoms with Gasteiger partial charge in [0.05, 0.1) is 35.9 Å². The van der Waals surface area contributed by atoms with Crippen molar-refractivity contribution in [2.75, 3.05) is 48.2 Å². The number of nitrogens with zero attached hydrogens (tertiary/aromatic N) is 4. The summed E-state index contributed by atoms with van der Waals surface area (Å²) in [5.74, 6) is 0.759.